The molecule has 1 aromatic rings. The van der Waals surface area contributed by atoms with Gasteiger partial charge in [-0.15, -0.1) is 0 Å². The van der Waals surface area contributed by atoms with Gasteiger partial charge in [0.05, 0.1) is 0 Å². The number of hydrogen-bond donors (Lipinski definition) is 0. The lowest BCUT2D eigenvalue weighted by atomic mass is 9.77. The first-order chi connectivity index (χ1) is 6.96. The van der Waals surface area contributed by atoms with Crippen LogP contribution in [0, 0.1) is 11.3 Å². The summed E-state index contributed by atoms with van der Waals surface area (Å²) in [5.74, 6) is 0.221. The van der Waals surface area contributed by atoms with Crippen molar-refractivity contribution in [1.82, 2.24) is 9.55 Å². The number of hydrogen-bond acceptors (Lipinski definition) is 2. The van der Waals surface area contributed by atoms with E-state index in [9.17, 15) is 4.79 Å². The summed E-state index contributed by atoms with van der Waals surface area (Å²) in [6, 6.07) is 0. The fourth-order valence-electron chi connectivity index (χ4n) is 1.79. The van der Waals surface area contributed by atoms with E-state index in [1.807, 2.05) is 0 Å². The van der Waals surface area contributed by atoms with E-state index >= 15 is 0 Å². The Kier molecular flexibility index (Phi) is 3.66. The van der Waals surface area contributed by atoms with E-state index in [0.29, 0.717) is 0 Å². The minimum absolute atomic E-state index is 0.0113. The van der Waals surface area contributed by atoms with Crippen LogP contribution >= 0.6 is 0 Å². The van der Waals surface area contributed by atoms with Crippen molar-refractivity contribution < 1.29 is 4.79 Å². The lowest BCUT2D eigenvalue weighted by Gasteiger charge is -2.29. The molecular weight excluding hydrogens is 188 g/mol. The van der Waals surface area contributed by atoms with Crippen LogP contribution in [0.3, 0.4) is 0 Å². The van der Waals surface area contributed by atoms with Crippen molar-refractivity contribution in [1.29, 1.82) is 0 Å². The Morgan fingerprint density at radius 2 is 2.13 bits per heavy atom. The molecule has 3 heteroatoms. The SMILES string of the molecule is CCCC(C(=O)n1ccnc1)C(C)(C)C. The van der Waals surface area contributed by atoms with Crippen molar-refractivity contribution >= 4 is 5.91 Å². The largest absolute Gasteiger partial charge is 0.276 e. The van der Waals surface area contributed by atoms with E-state index in [0.717, 1.165) is 12.8 Å². The van der Waals surface area contributed by atoms with Gasteiger partial charge in [-0.2, -0.15) is 0 Å². The molecule has 0 N–H and O–H groups in total. The van der Waals surface area contributed by atoms with Crippen molar-refractivity contribution in [3.05, 3.63) is 18.7 Å². The number of nitrogens with zero attached hydrogens (tertiary/aromatic N) is 2. The zero-order valence-electron chi connectivity index (χ0n) is 10.0. The van der Waals surface area contributed by atoms with Crippen molar-refractivity contribution in [2.24, 2.45) is 11.3 Å². The number of carbonyl (C=O) groups is 1. The summed E-state index contributed by atoms with van der Waals surface area (Å²) in [6.45, 7) is 8.45. The molecule has 0 saturated heterocycles. The number of carbonyl (C=O) groups excluding carboxylic acids is 1. The number of rotatable bonds is 3. The topological polar surface area (TPSA) is 34.9 Å². The van der Waals surface area contributed by atoms with E-state index in [1.54, 1.807) is 23.3 Å². The molecule has 0 aliphatic rings. The van der Waals surface area contributed by atoms with E-state index in [1.165, 1.54) is 0 Å². The zero-order valence-corrected chi connectivity index (χ0v) is 10.0. The van der Waals surface area contributed by atoms with Gasteiger partial charge < -0.3 is 0 Å². The van der Waals surface area contributed by atoms with Crippen LogP contribution in [0.4, 0.5) is 0 Å². The Morgan fingerprint density at radius 1 is 1.47 bits per heavy atom. The van der Waals surface area contributed by atoms with E-state index in [-0.39, 0.29) is 17.2 Å². The smallest absolute Gasteiger partial charge is 0.235 e. The number of aromatic nitrogens is 2. The average molecular weight is 208 g/mol. The average Bonchev–Trinajstić information content (AvgIpc) is 2.63. The van der Waals surface area contributed by atoms with Crippen LogP contribution in [-0.4, -0.2) is 15.5 Å². The minimum Gasteiger partial charge on any atom is -0.276 e. The van der Waals surface area contributed by atoms with Crippen LogP contribution in [0.2, 0.25) is 0 Å². The molecule has 1 atom stereocenters. The Hall–Kier alpha value is -1.12. The maximum atomic E-state index is 12.2. The molecule has 0 aromatic carbocycles. The summed E-state index contributed by atoms with van der Waals surface area (Å²) >= 11 is 0. The molecule has 1 unspecified atom stereocenters. The first-order valence-corrected chi connectivity index (χ1v) is 5.49. The van der Waals surface area contributed by atoms with Crippen molar-refractivity contribution in [2.45, 2.75) is 40.5 Å². The summed E-state index contributed by atoms with van der Waals surface area (Å²) < 4.78 is 1.59. The van der Waals surface area contributed by atoms with Gasteiger partial charge in [0.25, 0.3) is 0 Å². The van der Waals surface area contributed by atoms with Gasteiger partial charge in [-0.05, 0) is 11.8 Å². The molecular formula is C12H20N2O. The molecule has 0 saturated carbocycles. The first kappa shape index (κ1) is 12.0. The molecule has 1 heterocycles. The third kappa shape index (κ3) is 2.91. The highest BCUT2D eigenvalue weighted by atomic mass is 16.2. The fraction of sp³-hybridized carbons (Fsp3) is 0.667. The molecule has 84 valence electrons. The fourth-order valence-corrected chi connectivity index (χ4v) is 1.79. The predicted molar refractivity (Wildman–Crippen MR) is 60.7 cm³/mol. The number of imidazole rings is 1. The van der Waals surface area contributed by atoms with E-state index < -0.39 is 0 Å². The maximum absolute atomic E-state index is 12.2. The molecule has 3 nitrogen and oxygen atoms in total. The Labute approximate surface area is 91.5 Å². The molecule has 1 aromatic heterocycles. The van der Waals surface area contributed by atoms with E-state index in [4.69, 9.17) is 0 Å². The summed E-state index contributed by atoms with van der Waals surface area (Å²) in [6.07, 6.45) is 6.90. The Balaban J connectivity index is 2.86. The normalized spacial score (nSPS) is 13.9. The summed E-state index contributed by atoms with van der Waals surface area (Å²) in [5, 5.41) is 0. The molecule has 0 bridgehead atoms. The van der Waals surface area contributed by atoms with Crippen LogP contribution in [0.25, 0.3) is 0 Å². The summed E-state index contributed by atoms with van der Waals surface area (Å²) in [7, 11) is 0. The molecule has 0 spiro atoms. The highest BCUT2D eigenvalue weighted by molar-refractivity contribution is 5.81. The van der Waals surface area contributed by atoms with Crippen LogP contribution in [0.15, 0.2) is 18.7 Å². The van der Waals surface area contributed by atoms with Crippen molar-refractivity contribution in [3.8, 4) is 0 Å². The standard InChI is InChI=1S/C12H20N2O/c1-5-6-10(12(2,3)4)11(15)14-8-7-13-9-14/h7-10H,5-6H2,1-4H3. The second kappa shape index (κ2) is 4.60. The Morgan fingerprint density at radius 3 is 2.53 bits per heavy atom. The summed E-state index contributed by atoms with van der Waals surface area (Å²) in [5.41, 5.74) is 0.0113. The van der Waals surface area contributed by atoms with Gasteiger partial charge in [0.2, 0.25) is 5.91 Å². The van der Waals surface area contributed by atoms with Gasteiger partial charge >= 0.3 is 0 Å². The lowest BCUT2D eigenvalue weighted by molar-refractivity contribution is 0.0710. The molecule has 0 radical (unpaired) electrons. The zero-order chi connectivity index (χ0) is 11.5. The molecule has 0 fully saturated rings. The third-order valence-corrected chi connectivity index (χ3v) is 2.68. The first-order valence-electron chi connectivity index (χ1n) is 5.49. The van der Waals surface area contributed by atoms with Gasteiger partial charge in [0, 0.05) is 18.3 Å². The van der Waals surface area contributed by atoms with Gasteiger partial charge in [0.1, 0.15) is 6.33 Å². The minimum atomic E-state index is 0.0113. The molecule has 0 aliphatic carbocycles. The van der Waals surface area contributed by atoms with Gasteiger partial charge in [0.15, 0.2) is 0 Å². The van der Waals surface area contributed by atoms with Crippen molar-refractivity contribution in [2.75, 3.05) is 0 Å². The second-order valence-electron chi connectivity index (χ2n) is 5.02. The highest BCUT2D eigenvalue weighted by Gasteiger charge is 2.30. The van der Waals surface area contributed by atoms with Gasteiger partial charge in [-0.25, -0.2) is 4.98 Å². The van der Waals surface area contributed by atoms with Gasteiger partial charge in [-0.1, -0.05) is 34.1 Å². The van der Waals surface area contributed by atoms with Crippen LogP contribution < -0.4 is 0 Å². The third-order valence-electron chi connectivity index (χ3n) is 2.68. The second-order valence-corrected chi connectivity index (χ2v) is 5.02. The van der Waals surface area contributed by atoms with Crippen LogP contribution in [0.5, 0.6) is 0 Å². The van der Waals surface area contributed by atoms with E-state index in [2.05, 4.69) is 32.7 Å². The molecule has 0 amide bonds. The predicted octanol–water partition coefficient (Wildman–Crippen LogP) is 2.99. The lowest BCUT2D eigenvalue weighted by Crippen LogP contribution is -2.31. The molecule has 0 aliphatic heterocycles. The highest BCUT2D eigenvalue weighted by Crippen LogP contribution is 2.30. The van der Waals surface area contributed by atoms with Gasteiger partial charge in [-0.3, -0.25) is 9.36 Å². The quantitative estimate of drug-likeness (QED) is 0.765. The Bertz CT molecular complexity index is 309. The van der Waals surface area contributed by atoms with Crippen LogP contribution in [-0.2, 0) is 0 Å². The molecule has 1 rings (SSSR count). The van der Waals surface area contributed by atoms with Crippen LogP contribution in [0.1, 0.15) is 45.3 Å². The molecule has 15 heavy (non-hydrogen) atoms. The summed E-state index contributed by atoms with van der Waals surface area (Å²) in [4.78, 5) is 16.1. The monoisotopic (exact) mass is 208 g/mol. The van der Waals surface area contributed by atoms with Crippen molar-refractivity contribution in [3.63, 3.8) is 0 Å². The maximum Gasteiger partial charge on any atom is 0.235 e.